The fourth-order valence-electron chi connectivity index (χ4n) is 2.45. The van der Waals surface area contributed by atoms with Gasteiger partial charge in [-0.3, -0.25) is 14.8 Å². The fourth-order valence-corrected chi connectivity index (χ4v) is 2.91. The van der Waals surface area contributed by atoms with Gasteiger partial charge in [0.15, 0.2) is 5.16 Å². The van der Waals surface area contributed by atoms with Crippen LogP contribution in [0.2, 0.25) is 0 Å². The minimum atomic E-state index is 0.117. The average Bonchev–Trinajstić information content (AvgIpc) is 2.59. The van der Waals surface area contributed by atoms with E-state index < -0.39 is 0 Å². The van der Waals surface area contributed by atoms with Gasteiger partial charge < -0.3 is 4.90 Å². The second-order valence-electron chi connectivity index (χ2n) is 5.62. The molecule has 6 nitrogen and oxygen atoms in total. The van der Waals surface area contributed by atoms with Gasteiger partial charge in [0, 0.05) is 56.4 Å². The largest absolute Gasteiger partial charge is 0.345 e. The zero-order valence-corrected chi connectivity index (χ0v) is 15.4. The SMILES string of the molecule is CSc1nc(C)c(CCC(=O)N(C)CCc2cnccn2)c(C)n1. The topological polar surface area (TPSA) is 71.9 Å². The molecule has 2 aromatic heterocycles. The first kappa shape index (κ1) is 18.3. The highest BCUT2D eigenvalue weighted by molar-refractivity contribution is 7.98. The molecule has 128 valence electrons. The molecule has 0 aliphatic rings. The molecule has 0 spiro atoms. The zero-order valence-electron chi connectivity index (χ0n) is 14.6. The molecule has 0 unspecified atom stereocenters. The van der Waals surface area contributed by atoms with Gasteiger partial charge in [0.2, 0.25) is 5.91 Å². The first-order valence-electron chi connectivity index (χ1n) is 7.88. The van der Waals surface area contributed by atoms with Crippen LogP contribution in [-0.4, -0.2) is 50.6 Å². The van der Waals surface area contributed by atoms with E-state index in [1.807, 2.05) is 27.2 Å². The van der Waals surface area contributed by atoms with Crippen LogP contribution in [0.1, 0.15) is 29.1 Å². The van der Waals surface area contributed by atoms with E-state index in [9.17, 15) is 4.79 Å². The van der Waals surface area contributed by atoms with Gasteiger partial charge in [0.1, 0.15) is 0 Å². The number of thioether (sulfide) groups is 1. The number of likely N-dealkylation sites (N-methyl/N-ethyl adjacent to an activating group) is 1. The van der Waals surface area contributed by atoms with Crippen LogP contribution in [0.4, 0.5) is 0 Å². The molecule has 0 aromatic carbocycles. The van der Waals surface area contributed by atoms with Crippen LogP contribution >= 0.6 is 11.8 Å². The summed E-state index contributed by atoms with van der Waals surface area (Å²) in [6, 6.07) is 0. The van der Waals surface area contributed by atoms with Crippen molar-refractivity contribution in [1.29, 1.82) is 0 Å². The summed E-state index contributed by atoms with van der Waals surface area (Å²) in [5.41, 5.74) is 3.89. The number of hydrogen-bond acceptors (Lipinski definition) is 6. The van der Waals surface area contributed by atoms with Crippen molar-refractivity contribution in [2.75, 3.05) is 19.8 Å². The van der Waals surface area contributed by atoms with Crippen LogP contribution in [0.3, 0.4) is 0 Å². The molecule has 7 heteroatoms. The lowest BCUT2D eigenvalue weighted by atomic mass is 10.1. The van der Waals surface area contributed by atoms with Crippen LogP contribution in [0.5, 0.6) is 0 Å². The highest BCUT2D eigenvalue weighted by Crippen LogP contribution is 2.17. The first-order valence-corrected chi connectivity index (χ1v) is 9.10. The van der Waals surface area contributed by atoms with Crippen molar-refractivity contribution in [3.63, 3.8) is 0 Å². The maximum Gasteiger partial charge on any atom is 0.222 e. The molecule has 0 aliphatic carbocycles. The maximum atomic E-state index is 12.3. The number of carbonyl (C=O) groups is 1. The number of rotatable bonds is 7. The van der Waals surface area contributed by atoms with Crippen molar-refractivity contribution in [2.24, 2.45) is 0 Å². The smallest absolute Gasteiger partial charge is 0.222 e. The van der Waals surface area contributed by atoms with E-state index in [0.717, 1.165) is 27.8 Å². The van der Waals surface area contributed by atoms with E-state index in [1.165, 1.54) is 11.8 Å². The molecule has 1 amide bonds. The van der Waals surface area contributed by atoms with Crippen molar-refractivity contribution in [1.82, 2.24) is 24.8 Å². The molecule has 0 fully saturated rings. The lowest BCUT2D eigenvalue weighted by Crippen LogP contribution is -2.29. The molecule has 2 aromatic rings. The minimum Gasteiger partial charge on any atom is -0.345 e. The molecular weight excluding hydrogens is 322 g/mol. The Labute approximate surface area is 147 Å². The molecule has 0 N–H and O–H groups in total. The summed E-state index contributed by atoms with van der Waals surface area (Å²) in [7, 11) is 1.83. The second-order valence-corrected chi connectivity index (χ2v) is 6.40. The summed E-state index contributed by atoms with van der Waals surface area (Å²) in [4.78, 5) is 31.3. The van der Waals surface area contributed by atoms with Gasteiger partial charge in [0.05, 0.1) is 5.69 Å². The summed E-state index contributed by atoms with van der Waals surface area (Å²) < 4.78 is 0. The lowest BCUT2D eigenvalue weighted by Gasteiger charge is -2.17. The van der Waals surface area contributed by atoms with E-state index in [2.05, 4.69) is 19.9 Å². The number of aryl methyl sites for hydroxylation is 2. The normalized spacial score (nSPS) is 10.7. The monoisotopic (exact) mass is 345 g/mol. The van der Waals surface area contributed by atoms with E-state index in [4.69, 9.17) is 0 Å². The minimum absolute atomic E-state index is 0.117. The van der Waals surface area contributed by atoms with Crippen molar-refractivity contribution >= 4 is 17.7 Å². The van der Waals surface area contributed by atoms with Gasteiger partial charge in [-0.25, -0.2) is 9.97 Å². The molecule has 0 saturated carbocycles. The van der Waals surface area contributed by atoms with Gasteiger partial charge in [-0.1, -0.05) is 11.8 Å². The van der Waals surface area contributed by atoms with Gasteiger partial charge >= 0.3 is 0 Å². The quantitative estimate of drug-likeness (QED) is 0.566. The zero-order chi connectivity index (χ0) is 17.5. The van der Waals surface area contributed by atoms with Crippen molar-refractivity contribution < 1.29 is 4.79 Å². The van der Waals surface area contributed by atoms with E-state index >= 15 is 0 Å². The number of hydrogen-bond donors (Lipinski definition) is 0. The standard InChI is InChI=1S/C17H23N5OS/c1-12-15(13(2)21-17(20-12)24-4)5-6-16(23)22(3)10-7-14-11-18-8-9-19-14/h8-9,11H,5-7,10H2,1-4H3. The highest BCUT2D eigenvalue weighted by atomic mass is 32.2. The van der Waals surface area contributed by atoms with Crippen molar-refractivity contribution in [2.45, 2.75) is 38.3 Å². The van der Waals surface area contributed by atoms with Crippen molar-refractivity contribution in [3.8, 4) is 0 Å². The van der Waals surface area contributed by atoms with Crippen LogP contribution in [0.15, 0.2) is 23.7 Å². The average molecular weight is 345 g/mol. The van der Waals surface area contributed by atoms with E-state index in [1.54, 1.807) is 23.5 Å². The second kappa shape index (κ2) is 8.73. The van der Waals surface area contributed by atoms with Gasteiger partial charge in [-0.2, -0.15) is 0 Å². The van der Waals surface area contributed by atoms with E-state index in [-0.39, 0.29) is 5.91 Å². The summed E-state index contributed by atoms with van der Waals surface area (Å²) in [5, 5.41) is 0.779. The number of amides is 1. The summed E-state index contributed by atoms with van der Waals surface area (Å²) in [6.45, 7) is 4.59. The number of nitrogens with zero attached hydrogens (tertiary/aromatic N) is 5. The van der Waals surface area contributed by atoms with Crippen LogP contribution < -0.4 is 0 Å². The Hall–Kier alpha value is -2.02. The highest BCUT2D eigenvalue weighted by Gasteiger charge is 2.13. The van der Waals surface area contributed by atoms with Crippen LogP contribution in [0, 0.1) is 13.8 Å². The third-order valence-corrected chi connectivity index (χ3v) is 4.47. The summed E-state index contributed by atoms with van der Waals surface area (Å²) >= 11 is 1.53. The fraction of sp³-hybridized carbons (Fsp3) is 0.471. The summed E-state index contributed by atoms with van der Waals surface area (Å²) in [6.07, 6.45) is 8.84. The molecule has 0 aliphatic heterocycles. The van der Waals surface area contributed by atoms with Crippen LogP contribution in [-0.2, 0) is 17.6 Å². The lowest BCUT2D eigenvalue weighted by molar-refractivity contribution is -0.129. The number of carbonyl (C=O) groups excluding carboxylic acids is 1. The Balaban J connectivity index is 1.88. The summed E-state index contributed by atoms with van der Waals surface area (Å²) in [5.74, 6) is 0.117. The van der Waals surface area contributed by atoms with Gasteiger partial charge in [-0.15, -0.1) is 0 Å². The van der Waals surface area contributed by atoms with Gasteiger partial charge in [0.25, 0.3) is 0 Å². The molecule has 0 atom stereocenters. The molecule has 2 heterocycles. The molecule has 2 rings (SSSR count). The van der Waals surface area contributed by atoms with Gasteiger partial charge in [-0.05, 0) is 32.1 Å². The van der Waals surface area contributed by atoms with Crippen LogP contribution in [0.25, 0.3) is 0 Å². The first-order chi connectivity index (χ1) is 11.5. The van der Waals surface area contributed by atoms with E-state index in [0.29, 0.717) is 25.8 Å². The Morgan fingerprint density at radius 3 is 2.46 bits per heavy atom. The molecule has 24 heavy (non-hydrogen) atoms. The third kappa shape index (κ3) is 4.99. The molecule has 0 saturated heterocycles. The Bertz CT molecular complexity index is 670. The number of aromatic nitrogens is 4. The Morgan fingerprint density at radius 2 is 1.88 bits per heavy atom. The molecule has 0 radical (unpaired) electrons. The van der Waals surface area contributed by atoms with Crippen molar-refractivity contribution in [3.05, 3.63) is 41.2 Å². The maximum absolute atomic E-state index is 12.3. The third-order valence-electron chi connectivity index (χ3n) is 3.92. The Kier molecular flexibility index (Phi) is 6.66. The predicted molar refractivity (Wildman–Crippen MR) is 95.0 cm³/mol. The predicted octanol–water partition coefficient (Wildman–Crippen LogP) is 2.24. The Morgan fingerprint density at radius 1 is 1.17 bits per heavy atom. The molecule has 0 bridgehead atoms. The molecular formula is C17H23N5OS.